The van der Waals surface area contributed by atoms with E-state index in [9.17, 15) is 4.79 Å². The first-order valence-electron chi connectivity index (χ1n) is 6.81. The van der Waals surface area contributed by atoms with E-state index in [1.165, 1.54) is 7.11 Å². The average Bonchev–Trinajstić information content (AvgIpc) is 2.40. The number of pyridine rings is 1. The van der Waals surface area contributed by atoms with E-state index in [1.807, 2.05) is 13.1 Å². The van der Waals surface area contributed by atoms with E-state index < -0.39 is 0 Å². The van der Waals surface area contributed by atoms with Crippen LogP contribution in [0.25, 0.3) is 0 Å². The van der Waals surface area contributed by atoms with Gasteiger partial charge < -0.3 is 10.1 Å². The van der Waals surface area contributed by atoms with Gasteiger partial charge in [-0.25, -0.2) is 0 Å². The second-order valence-electron chi connectivity index (χ2n) is 5.12. The smallest absolute Gasteiger partial charge is 0.322 e. The fourth-order valence-corrected chi connectivity index (χ4v) is 1.88. The van der Waals surface area contributed by atoms with Crippen LogP contribution in [0.15, 0.2) is 18.3 Å². The summed E-state index contributed by atoms with van der Waals surface area (Å²) in [5, 5.41) is 3.18. The molecule has 0 saturated heterocycles. The van der Waals surface area contributed by atoms with Gasteiger partial charge in [-0.15, -0.1) is 0 Å². The number of ether oxygens (including phenoxy) is 1. The lowest BCUT2D eigenvalue weighted by Gasteiger charge is -2.14. The number of esters is 1. The van der Waals surface area contributed by atoms with Crippen LogP contribution < -0.4 is 5.32 Å². The SMILES string of the molecule is CCC(NCc1ccc(CC(C)C)nc1)C(=O)OC. The standard InChI is InChI=1S/C15H24N2O2/c1-5-14(15(18)19-4)17-10-12-6-7-13(16-9-12)8-11(2)3/h6-7,9,11,14,17H,5,8,10H2,1-4H3. The Morgan fingerprint density at radius 1 is 1.42 bits per heavy atom. The third kappa shape index (κ3) is 5.39. The van der Waals surface area contributed by atoms with Gasteiger partial charge in [0.25, 0.3) is 0 Å². The van der Waals surface area contributed by atoms with Gasteiger partial charge >= 0.3 is 5.97 Å². The lowest BCUT2D eigenvalue weighted by molar-refractivity contribution is -0.143. The number of methoxy groups -OCH3 is 1. The van der Waals surface area contributed by atoms with Crippen LogP contribution in [-0.2, 0) is 22.5 Å². The van der Waals surface area contributed by atoms with Gasteiger partial charge in [-0.05, 0) is 30.4 Å². The Hall–Kier alpha value is -1.42. The minimum atomic E-state index is -0.250. The van der Waals surface area contributed by atoms with Crippen molar-refractivity contribution in [2.75, 3.05) is 7.11 Å². The topological polar surface area (TPSA) is 51.2 Å². The van der Waals surface area contributed by atoms with Crippen molar-refractivity contribution >= 4 is 5.97 Å². The molecule has 0 fully saturated rings. The summed E-state index contributed by atoms with van der Waals surface area (Å²) in [6.45, 7) is 6.94. The van der Waals surface area contributed by atoms with Gasteiger partial charge in [-0.3, -0.25) is 9.78 Å². The molecule has 0 aliphatic heterocycles. The fraction of sp³-hybridized carbons (Fsp3) is 0.600. The monoisotopic (exact) mass is 264 g/mol. The molecule has 1 atom stereocenters. The normalized spacial score (nSPS) is 12.5. The van der Waals surface area contributed by atoms with Crippen LogP contribution in [-0.4, -0.2) is 24.1 Å². The van der Waals surface area contributed by atoms with Crippen LogP contribution in [0.3, 0.4) is 0 Å². The molecule has 1 rings (SSSR count). The molecule has 0 saturated carbocycles. The van der Waals surface area contributed by atoms with Crippen LogP contribution in [0.1, 0.15) is 38.4 Å². The van der Waals surface area contributed by atoms with Crippen molar-refractivity contribution in [2.45, 2.75) is 46.2 Å². The number of carbonyl (C=O) groups excluding carboxylic acids is 1. The highest BCUT2D eigenvalue weighted by Gasteiger charge is 2.15. The molecule has 1 heterocycles. The van der Waals surface area contributed by atoms with Crippen molar-refractivity contribution in [3.63, 3.8) is 0 Å². The summed E-state index contributed by atoms with van der Waals surface area (Å²) in [5.74, 6) is 0.396. The number of carbonyl (C=O) groups is 1. The first-order valence-corrected chi connectivity index (χ1v) is 6.81. The van der Waals surface area contributed by atoms with Crippen molar-refractivity contribution < 1.29 is 9.53 Å². The van der Waals surface area contributed by atoms with Gasteiger partial charge in [0.1, 0.15) is 6.04 Å². The van der Waals surface area contributed by atoms with Crippen molar-refractivity contribution in [3.8, 4) is 0 Å². The summed E-state index contributed by atoms with van der Waals surface area (Å²) in [6, 6.07) is 3.86. The van der Waals surface area contributed by atoms with Crippen molar-refractivity contribution in [2.24, 2.45) is 5.92 Å². The summed E-state index contributed by atoms with van der Waals surface area (Å²) >= 11 is 0. The fourth-order valence-electron chi connectivity index (χ4n) is 1.88. The molecular formula is C15H24N2O2. The van der Waals surface area contributed by atoms with E-state index in [4.69, 9.17) is 4.74 Å². The van der Waals surface area contributed by atoms with Crippen LogP contribution in [0, 0.1) is 5.92 Å². The number of hydrogen-bond acceptors (Lipinski definition) is 4. The Kier molecular flexibility index (Phi) is 6.50. The molecular weight excluding hydrogens is 240 g/mol. The van der Waals surface area contributed by atoms with Crippen LogP contribution in [0.5, 0.6) is 0 Å². The molecule has 0 radical (unpaired) electrons. The highest BCUT2D eigenvalue weighted by molar-refractivity contribution is 5.75. The van der Waals surface area contributed by atoms with Gasteiger partial charge in [0.15, 0.2) is 0 Å². The van der Waals surface area contributed by atoms with Gasteiger partial charge in [0, 0.05) is 18.4 Å². The molecule has 106 valence electrons. The van der Waals surface area contributed by atoms with E-state index >= 15 is 0 Å². The summed E-state index contributed by atoms with van der Waals surface area (Å²) in [5.41, 5.74) is 2.19. The second-order valence-corrected chi connectivity index (χ2v) is 5.12. The van der Waals surface area contributed by atoms with Crippen LogP contribution >= 0.6 is 0 Å². The average molecular weight is 264 g/mol. The summed E-state index contributed by atoms with van der Waals surface area (Å²) in [7, 11) is 1.41. The molecule has 1 aromatic heterocycles. The quantitative estimate of drug-likeness (QED) is 0.768. The zero-order valence-electron chi connectivity index (χ0n) is 12.3. The number of nitrogens with one attached hydrogen (secondary N) is 1. The Morgan fingerprint density at radius 3 is 2.63 bits per heavy atom. The van der Waals surface area contributed by atoms with Crippen molar-refractivity contribution in [1.82, 2.24) is 10.3 Å². The molecule has 0 bridgehead atoms. The molecule has 1 aromatic rings. The third-order valence-corrected chi connectivity index (χ3v) is 2.95. The summed E-state index contributed by atoms with van der Waals surface area (Å²) < 4.78 is 4.74. The number of aromatic nitrogens is 1. The lowest BCUT2D eigenvalue weighted by Crippen LogP contribution is -2.36. The Morgan fingerprint density at radius 2 is 2.16 bits per heavy atom. The molecule has 1 unspecified atom stereocenters. The van der Waals surface area contributed by atoms with Gasteiger partial charge in [-0.1, -0.05) is 26.8 Å². The van der Waals surface area contributed by atoms with Gasteiger partial charge in [0.2, 0.25) is 0 Å². The van der Waals surface area contributed by atoms with E-state index in [0.717, 1.165) is 17.7 Å². The largest absolute Gasteiger partial charge is 0.468 e. The highest BCUT2D eigenvalue weighted by Crippen LogP contribution is 2.07. The zero-order valence-corrected chi connectivity index (χ0v) is 12.3. The summed E-state index contributed by atoms with van der Waals surface area (Å²) in [6.07, 6.45) is 3.58. The van der Waals surface area contributed by atoms with Crippen LogP contribution in [0.4, 0.5) is 0 Å². The molecule has 0 amide bonds. The molecule has 0 aliphatic rings. The molecule has 1 N–H and O–H groups in total. The zero-order chi connectivity index (χ0) is 14.3. The molecule has 4 heteroatoms. The van der Waals surface area contributed by atoms with E-state index in [2.05, 4.69) is 36.3 Å². The van der Waals surface area contributed by atoms with Crippen molar-refractivity contribution in [3.05, 3.63) is 29.6 Å². The minimum absolute atomic E-state index is 0.216. The molecule has 0 aromatic carbocycles. The Bertz CT molecular complexity index is 388. The third-order valence-electron chi connectivity index (χ3n) is 2.95. The minimum Gasteiger partial charge on any atom is -0.468 e. The first kappa shape index (κ1) is 15.6. The molecule has 19 heavy (non-hydrogen) atoms. The maximum absolute atomic E-state index is 11.4. The maximum atomic E-state index is 11.4. The predicted octanol–water partition coefficient (Wildman–Crippen LogP) is 2.32. The Labute approximate surface area is 115 Å². The number of nitrogens with zero attached hydrogens (tertiary/aromatic N) is 1. The maximum Gasteiger partial charge on any atom is 0.322 e. The Balaban J connectivity index is 2.51. The predicted molar refractivity (Wildman–Crippen MR) is 75.7 cm³/mol. The van der Waals surface area contributed by atoms with E-state index in [-0.39, 0.29) is 12.0 Å². The highest BCUT2D eigenvalue weighted by atomic mass is 16.5. The van der Waals surface area contributed by atoms with E-state index in [1.54, 1.807) is 0 Å². The first-order chi connectivity index (χ1) is 9.06. The van der Waals surface area contributed by atoms with Gasteiger partial charge in [-0.2, -0.15) is 0 Å². The molecule has 4 nitrogen and oxygen atoms in total. The summed E-state index contributed by atoms with van der Waals surface area (Å²) in [4.78, 5) is 15.9. The second kappa shape index (κ2) is 7.89. The van der Waals surface area contributed by atoms with E-state index in [0.29, 0.717) is 18.9 Å². The lowest BCUT2D eigenvalue weighted by atomic mass is 10.1. The van der Waals surface area contributed by atoms with Crippen LogP contribution in [0.2, 0.25) is 0 Å². The number of hydrogen-bond donors (Lipinski definition) is 1. The molecule has 0 aliphatic carbocycles. The van der Waals surface area contributed by atoms with Gasteiger partial charge in [0.05, 0.1) is 7.11 Å². The molecule has 0 spiro atoms. The van der Waals surface area contributed by atoms with Crippen molar-refractivity contribution in [1.29, 1.82) is 0 Å². The number of rotatable bonds is 7.